The van der Waals surface area contributed by atoms with Gasteiger partial charge in [0.25, 0.3) is 0 Å². The first kappa shape index (κ1) is 30.5. The molecule has 234 valence electrons. The molecule has 1 atom stereocenters. The second kappa shape index (κ2) is 11.8. The van der Waals surface area contributed by atoms with Gasteiger partial charge in [0.2, 0.25) is 0 Å². The van der Waals surface area contributed by atoms with Crippen molar-refractivity contribution < 1.29 is 23.0 Å². The average Bonchev–Trinajstić information content (AvgIpc) is 3.57. The molecule has 0 aliphatic carbocycles. The number of halogens is 3. The number of anilines is 2. The summed E-state index contributed by atoms with van der Waals surface area (Å²) in [6.45, 7) is 8.43. The van der Waals surface area contributed by atoms with Crippen LogP contribution in [-0.4, -0.2) is 88.9 Å². The first-order valence-electron chi connectivity index (χ1n) is 14.5. The Kier molecular flexibility index (Phi) is 8.14. The number of fused-ring (bicyclic) bond motifs is 2. The number of nitrogen functional groups attached to an aromatic ring is 1. The molecular weight excluding hydrogens is 612 g/mol. The topological polar surface area (TPSA) is 110 Å². The van der Waals surface area contributed by atoms with Crippen LogP contribution in [0.5, 0.6) is 6.01 Å². The van der Waals surface area contributed by atoms with Crippen molar-refractivity contribution in [1.29, 1.82) is 0 Å². The Morgan fingerprint density at radius 1 is 1.11 bits per heavy atom. The molecule has 1 unspecified atom stereocenters. The number of ether oxygens (including phenoxy) is 2. The predicted octanol–water partition coefficient (Wildman–Crippen LogP) is 5.95. The zero-order valence-corrected chi connectivity index (χ0v) is 26.6. The van der Waals surface area contributed by atoms with Gasteiger partial charge in [-0.1, -0.05) is 22.9 Å². The Labute approximate surface area is 262 Å². The molecule has 2 aromatic heterocycles. The van der Waals surface area contributed by atoms with Gasteiger partial charge in [0.1, 0.15) is 29.4 Å². The molecule has 2 aromatic carbocycles. The Hall–Kier alpha value is -3.55. The number of aromatic nitrogens is 3. The van der Waals surface area contributed by atoms with E-state index in [1.54, 1.807) is 11.0 Å². The molecule has 6 rings (SSSR count). The number of piperazine rings is 1. The summed E-state index contributed by atoms with van der Waals surface area (Å²) < 4.78 is 43.0. The smallest absolute Gasteiger partial charge is 0.410 e. The zero-order chi connectivity index (χ0) is 31.3. The lowest BCUT2D eigenvalue weighted by Crippen LogP contribution is -2.50. The van der Waals surface area contributed by atoms with Crippen molar-refractivity contribution in [3.63, 3.8) is 0 Å². The highest BCUT2D eigenvalue weighted by Gasteiger charge is 2.30. The van der Waals surface area contributed by atoms with Gasteiger partial charge in [-0.25, -0.2) is 18.6 Å². The summed E-state index contributed by atoms with van der Waals surface area (Å²) in [5, 5.41) is 0.641. The molecule has 0 saturated carbocycles. The summed E-state index contributed by atoms with van der Waals surface area (Å²) in [6.07, 6.45) is 1.66. The van der Waals surface area contributed by atoms with E-state index in [2.05, 4.69) is 14.9 Å². The molecule has 0 spiro atoms. The van der Waals surface area contributed by atoms with Crippen molar-refractivity contribution >= 4 is 61.1 Å². The van der Waals surface area contributed by atoms with Gasteiger partial charge in [0, 0.05) is 48.7 Å². The van der Waals surface area contributed by atoms with Crippen LogP contribution in [0.4, 0.5) is 24.5 Å². The lowest BCUT2D eigenvalue weighted by atomic mass is 10.0. The molecule has 2 aliphatic heterocycles. The van der Waals surface area contributed by atoms with Crippen molar-refractivity contribution in [1.82, 2.24) is 24.8 Å². The number of likely N-dealkylation sites (N-methyl/N-ethyl adjacent to an activating group) is 1. The molecule has 2 saturated heterocycles. The molecule has 2 fully saturated rings. The fourth-order valence-corrected chi connectivity index (χ4v) is 6.75. The predicted molar refractivity (Wildman–Crippen MR) is 169 cm³/mol. The fraction of sp³-hybridized carbons (Fsp3) is 0.467. The second-order valence-electron chi connectivity index (χ2n) is 12.1. The maximum Gasteiger partial charge on any atom is 0.410 e. The quantitative estimate of drug-likeness (QED) is 0.282. The minimum absolute atomic E-state index is 0.0134. The minimum Gasteiger partial charge on any atom is -0.462 e. The summed E-state index contributed by atoms with van der Waals surface area (Å²) in [5.41, 5.74) is 5.86. The number of benzene rings is 2. The minimum atomic E-state index is -0.703. The zero-order valence-electron chi connectivity index (χ0n) is 25.0. The van der Waals surface area contributed by atoms with Crippen LogP contribution in [0.25, 0.3) is 32.2 Å². The highest BCUT2D eigenvalue weighted by molar-refractivity contribution is 7.22. The molecular formula is C30H34ClF2N7O3S. The Bertz CT molecular complexity index is 1740. The molecule has 4 heterocycles. The largest absolute Gasteiger partial charge is 0.462 e. The van der Waals surface area contributed by atoms with Crippen LogP contribution in [0.2, 0.25) is 5.02 Å². The number of carbonyl (C=O) groups excluding carboxylic acids is 1. The third kappa shape index (κ3) is 5.92. The standard InChI is InChI=1S/C30H34ClF2N7O3S/c1-30(2,3)43-29(41)40-12-10-39(11-13-40)26-18-14-19(31)21(17-7-8-20(32)25-24(17)35-27(34)44-25)22(33)23(18)36-28(37-26)42-15-16-6-5-9-38(16)4/h7-8,14,16H,5-6,9-13,15H2,1-4H3,(H2,34,35). The van der Waals surface area contributed by atoms with Crippen LogP contribution < -0.4 is 15.4 Å². The molecule has 44 heavy (non-hydrogen) atoms. The number of nitrogens with two attached hydrogens (primary N) is 1. The number of rotatable bonds is 5. The van der Waals surface area contributed by atoms with E-state index in [1.165, 1.54) is 12.1 Å². The van der Waals surface area contributed by atoms with Crippen molar-refractivity contribution in [2.24, 2.45) is 0 Å². The first-order valence-corrected chi connectivity index (χ1v) is 15.7. The van der Waals surface area contributed by atoms with Gasteiger partial charge in [-0.2, -0.15) is 9.97 Å². The highest BCUT2D eigenvalue weighted by atomic mass is 35.5. The number of likely N-dealkylation sites (tertiary alicyclic amines) is 1. The first-order chi connectivity index (χ1) is 20.9. The summed E-state index contributed by atoms with van der Waals surface area (Å²) in [7, 11) is 2.04. The van der Waals surface area contributed by atoms with Gasteiger partial charge in [0.05, 0.1) is 15.2 Å². The maximum absolute atomic E-state index is 16.6. The van der Waals surface area contributed by atoms with Crippen LogP contribution >= 0.6 is 22.9 Å². The Morgan fingerprint density at radius 2 is 1.86 bits per heavy atom. The molecule has 14 heteroatoms. The van der Waals surface area contributed by atoms with E-state index >= 15 is 4.39 Å². The van der Waals surface area contributed by atoms with Crippen molar-refractivity contribution in [3.05, 3.63) is 34.9 Å². The molecule has 2 aliphatic rings. The molecule has 0 radical (unpaired) electrons. The van der Waals surface area contributed by atoms with Crippen LogP contribution in [0.3, 0.4) is 0 Å². The van der Waals surface area contributed by atoms with Crippen molar-refractivity contribution in [3.8, 4) is 17.1 Å². The number of hydrogen-bond acceptors (Lipinski definition) is 10. The number of thiazole rings is 1. The van der Waals surface area contributed by atoms with E-state index in [0.29, 0.717) is 49.6 Å². The molecule has 0 bridgehead atoms. The molecule has 4 aromatic rings. The maximum atomic E-state index is 16.6. The molecule has 10 nitrogen and oxygen atoms in total. The van der Waals surface area contributed by atoms with Crippen molar-refractivity contribution in [2.75, 3.05) is 57.0 Å². The monoisotopic (exact) mass is 645 g/mol. The Morgan fingerprint density at radius 3 is 2.55 bits per heavy atom. The summed E-state index contributed by atoms with van der Waals surface area (Å²) >= 11 is 7.74. The van der Waals surface area contributed by atoms with Crippen molar-refractivity contribution in [2.45, 2.75) is 45.3 Å². The van der Waals surface area contributed by atoms with E-state index in [1.807, 2.05) is 32.7 Å². The van der Waals surface area contributed by atoms with Gasteiger partial charge in [-0.15, -0.1) is 0 Å². The van der Waals surface area contributed by atoms with Crippen LogP contribution in [-0.2, 0) is 4.74 Å². The third-order valence-corrected chi connectivity index (χ3v) is 9.12. The average molecular weight is 646 g/mol. The lowest BCUT2D eigenvalue weighted by Gasteiger charge is -2.36. The third-order valence-electron chi connectivity index (χ3n) is 7.93. The van der Waals surface area contributed by atoms with Crippen LogP contribution in [0.1, 0.15) is 33.6 Å². The number of carbonyl (C=O) groups is 1. The van der Waals surface area contributed by atoms with E-state index < -0.39 is 17.2 Å². The number of hydrogen-bond donors (Lipinski definition) is 1. The number of amides is 1. The van der Waals surface area contributed by atoms with Gasteiger partial charge in [0.15, 0.2) is 10.9 Å². The highest BCUT2D eigenvalue weighted by Crippen LogP contribution is 2.42. The summed E-state index contributed by atoms with van der Waals surface area (Å²) in [4.78, 5) is 32.0. The lowest BCUT2D eigenvalue weighted by molar-refractivity contribution is 0.0240. The van der Waals surface area contributed by atoms with Gasteiger partial charge >= 0.3 is 12.1 Å². The van der Waals surface area contributed by atoms with Gasteiger partial charge in [-0.3, -0.25) is 0 Å². The number of nitrogens with zero attached hydrogens (tertiary/aromatic N) is 6. The second-order valence-corrected chi connectivity index (χ2v) is 13.6. The van der Waals surface area contributed by atoms with Gasteiger partial charge < -0.3 is 29.9 Å². The van der Waals surface area contributed by atoms with E-state index in [-0.39, 0.29) is 49.6 Å². The SMILES string of the molecule is CN1CCCC1COc1nc(N2CCN(C(=O)OC(C)(C)C)CC2)c2cc(Cl)c(-c3ccc(F)c4sc(N)nc34)c(F)c2n1. The van der Waals surface area contributed by atoms with E-state index in [4.69, 9.17) is 31.8 Å². The van der Waals surface area contributed by atoms with Crippen LogP contribution in [0.15, 0.2) is 18.2 Å². The van der Waals surface area contributed by atoms with Gasteiger partial charge in [-0.05, 0) is 65.4 Å². The summed E-state index contributed by atoms with van der Waals surface area (Å²) in [5.74, 6) is -0.757. The summed E-state index contributed by atoms with van der Waals surface area (Å²) in [6, 6.07) is 4.54. The molecule has 1 amide bonds. The van der Waals surface area contributed by atoms with Crippen LogP contribution in [0, 0.1) is 11.6 Å². The Balaban J connectivity index is 1.41. The van der Waals surface area contributed by atoms with E-state index in [9.17, 15) is 9.18 Å². The van der Waals surface area contributed by atoms with E-state index in [0.717, 1.165) is 30.7 Å². The molecule has 2 N–H and O–H groups in total. The normalized spacial score (nSPS) is 18.0. The fourth-order valence-electron chi connectivity index (χ4n) is 5.69.